The highest BCUT2D eigenvalue weighted by atomic mass is 31.3. The lowest BCUT2D eigenvalue weighted by Gasteiger charge is -2.14. The van der Waals surface area contributed by atoms with Gasteiger partial charge in [0.05, 0.1) is 6.61 Å². The molecule has 4 atom stereocenters. The van der Waals surface area contributed by atoms with Crippen molar-refractivity contribution >= 4 is 15.6 Å². The third-order valence-corrected chi connectivity index (χ3v) is 11.6. The van der Waals surface area contributed by atoms with E-state index in [1.54, 1.807) is 0 Å². The van der Waals surface area contributed by atoms with Crippen LogP contribution in [0.5, 0.6) is 0 Å². The van der Waals surface area contributed by atoms with Crippen LogP contribution in [0.25, 0.3) is 0 Å². The lowest BCUT2D eigenvalue weighted by atomic mass is 9.95. The van der Waals surface area contributed by atoms with Crippen molar-refractivity contribution in [3.8, 4) is 0 Å². The van der Waals surface area contributed by atoms with Crippen LogP contribution in [0.4, 0.5) is 0 Å². The summed E-state index contributed by atoms with van der Waals surface area (Å²) in [5, 5.41) is 0. The SMILES string of the molecule is CC(C)=CCC/C(C)=C/CC/C(C)=C/CC/C(C)=C/[C@H]1[C@H](COP(=O)(O)OP(=O)(O)O)[C@]1(C)CC/C=C(\C)CC/C=C(\C)CCC=C(C)C. The summed E-state index contributed by atoms with van der Waals surface area (Å²) in [7, 11) is -10.1. The van der Waals surface area contributed by atoms with Gasteiger partial charge in [0.2, 0.25) is 0 Å². The molecule has 1 saturated carbocycles. The molecule has 1 unspecified atom stereocenters. The van der Waals surface area contributed by atoms with Crippen molar-refractivity contribution in [2.75, 3.05) is 6.61 Å². The molecule has 0 aromatic carbocycles. The minimum Gasteiger partial charge on any atom is -0.302 e. The van der Waals surface area contributed by atoms with Crippen molar-refractivity contribution in [1.29, 1.82) is 0 Å². The molecule has 0 aliphatic heterocycles. The van der Waals surface area contributed by atoms with E-state index < -0.39 is 15.6 Å². The van der Waals surface area contributed by atoms with Crippen molar-refractivity contribution in [3.05, 3.63) is 81.5 Å². The lowest BCUT2D eigenvalue weighted by molar-refractivity contribution is 0.166. The van der Waals surface area contributed by atoms with Crippen LogP contribution >= 0.6 is 15.6 Å². The minimum atomic E-state index is -5.17. The zero-order chi connectivity index (χ0) is 37.3. The summed E-state index contributed by atoms with van der Waals surface area (Å²) >= 11 is 0. The summed E-state index contributed by atoms with van der Waals surface area (Å²) in [4.78, 5) is 27.9. The van der Waals surface area contributed by atoms with Gasteiger partial charge in [-0.3, -0.25) is 4.52 Å². The van der Waals surface area contributed by atoms with Gasteiger partial charge in [-0.15, -0.1) is 0 Å². The van der Waals surface area contributed by atoms with Crippen LogP contribution in [0.15, 0.2) is 81.5 Å². The smallest absolute Gasteiger partial charge is 0.302 e. The Kier molecular flexibility index (Phi) is 20.8. The van der Waals surface area contributed by atoms with Gasteiger partial charge in [-0.05, 0) is 157 Å². The van der Waals surface area contributed by atoms with Crippen molar-refractivity contribution < 1.29 is 32.6 Å². The van der Waals surface area contributed by atoms with Gasteiger partial charge in [0.15, 0.2) is 0 Å². The first kappa shape index (κ1) is 45.5. The Bertz CT molecular complexity index is 1350. The van der Waals surface area contributed by atoms with E-state index in [4.69, 9.17) is 14.3 Å². The van der Waals surface area contributed by atoms with Crippen LogP contribution in [0.2, 0.25) is 0 Å². The fourth-order valence-electron chi connectivity index (χ4n) is 6.23. The highest BCUT2D eigenvalue weighted by molar-refractivity contribution is 7.60. The summed E-state index contributed by atoms with van der Waals surface area (Å²) in [6, 6.07) is 0. The zero-order valence-corrected chi connectivity index (χ0v) is 34.0. The third kappa shape index (κ3) is 21.4. The molecule has 7 nitrogen and oxygen atoms in total. The fourth-order valence-corrected chi connectivity index (χ4v) is 7.84. The van der Waals surface area contributed by atoms with Gasteiger partial charge in [-0.2, -0.15) is 4.31 Å². The number of phosphoric ester groups is 1. The van der Waals surface area contributed by atoms with Crippen molar-refractivity contribution in [2.24, 2.45) is 17.3 Å². The Balaban J connectivity index is 2.80. The maximum absolute atomic E-state index is 12.2. The molecule has 0 spiro atoms. The number of hydrogen-bond donors (Lipinski definition) is 3. The Morgan fingerprint density at radius 3 is 1.35 bits per heavy atom. The molecule has 0 bridgehead atoms. The third-order valence-electron chi connectivity index (χ3n) is 9.48. The standard InChI is InChI=1S/C40H68O7P2/c1-31(2)17-11-19-33(5)21-13-23-35(7)25-15-26-37(9)29-38-39(30-46-49(44,45)47-48(41,42)43)40(38,10)28-16-27-36(8)24-14-22-34(6)20-12-18-32(3)4/h17-18,21-22,25,27,29,38-39H,11-16,19-20,23-24,26,28,30H2,1-10H3,(H,44,45)(H2,41,42,43)/b33-21+,34-22+,35-25+,36-27+,37-29+/t38-,39-,40+/m0/s1. The van der Waals surface area contributed by atoms with E-state index in [0.717, 1.165) is 77.0 Å². The molecule has 0 heterocycles. The van der Waals surface area contributed by atoms with Gasteiger partial charge in [0, 0.05) is 0 Å². The van der Waals surface area contributed by atoms with E-state index in [0.29, 0.717) is 0 Å². The Morgan fingerprint density at radius 2 is 0.959 bits per heavy atom. The van der Waals surface area contributed by atoms with Crippen molar-refractivity contribution in [3.63, 3.8) is 0 Å². The monoisotopic (exact) mass is 722 g/mol. The first-order valence-electron chi connectivity index (χ1n) is 18.0. The normalized spacial score (nSPS) is 22.2. The Hall–Kier alpha value is -1.56. The second-order valence-corrected chi connectivity index (χ2v) is 17.8. The summed E-state index contributed by atoms with van der Waals surface area (Å²) in [5.74, 6) is 0.0691. The molecular formula is C40H68O7P2. The molecule has 0 aromatic rings. The molecule has 280 valence electrons. The highest BCUT2D eigenvalue weighted by Gasteiger charge is 2.59. The van der Waals surface area contributed by atoms with Crippen LogP contribution in [0.3, 0.4) is 0 Å². The first-order chi connectivity index (χ1) is 22.7. The molecule has 1 aliphatic carbocycles. The summed E-state index contributed by atoms with van der Waals surface area (Å²) in [6.45, 7) is 21.5. The van der Waals surface area contributed by atoms with E-state index in [9.17, 15) is 14.0 Å². The molecule has 3 N–H and O–H groups in total. The van der Waals surface area contributed by atoms with Gasteiger partial charge in [0.1, 0.15) is 0 Å². The zero-order valence-electron chi connectivity index (χ0n) is 32.3. The van der Waals surface area contributed by atoms with E-state index in [1.165, 1.54) is 39.0 Å². The van der Waals surface area contributed by atoms with Crippen LogP contribution in [0, 0.1) is 17.3 Å². The largest absolute Gasteiger partial charge is 0.481 e. The molecule has 49 heavy (non-hydrogen) atoms. The van der Waals surface area contributed by atoms with Gasteiger partial charge < -0.3 is 14.7 Å². The number of rotatable bonds is 24. The maximum atomic E-state index is 12.2. The lowest BCUT2D eigenvalue weighted by Crippen LogP contribution is -2.04. The molecule has 9 heteroatoms. The van der Waals surface area contributed by atoms with Gasteiger partial charge in [-0.25, -0.2) is 9.13 Å². The van der Waals surface area contributed by atoms with Crippen molar-refractivity contribution in [1.82, 2.24) is 0 Å². The minimum absolute atomic E-state index is 0.0626. The number of phosphoric acid groups is 2. The summed E-state index contributed by atoms with van der Waals surface area (Å²) in [6.07, 6.45) is 28.3. The summed E-state index contributed by atoms with van der Waals surface area (Å²) < 4.78 is 32.5. The van der Waals surface area contributed by atoms with E-state index in [1.807, 2.05) is 0 Å². The Morgan fingerprint density at radius 1 is 0.592 bits per heavy atom. The van der Waals surface area contributed by atoms with E-state index in [-0.39, 0.29) is 23.9 Å². The topological polar surface area (TPSA) is 113 Å². The summed E-state index contributed by atoms with van der Waals surface area (Å²) in [5.41, 5.74) is 9.43. The quantitative estimate of drug-likeness (QED) is 0.0671. The first-order valence-corrected chi connectivity index (χ1v) is 21.1. The Labute approximate surface area is 299 Å². The predicted octanol–water partition coefficient (Wildman–Crippen LogP) is 12.8. The molecule has 0 aromatic heterocycles. The molecule has 0 amide bonds. The molecule has 1 fully saturated rings. The molecule has 1 rings (SSSR count). The number of allylic oxidation sites excluding steroid dienone is 14. The van der Waals surface area contributed by atoms with Crippen LogP contribution in [-0.2, 0) is 18.0 Å². The fraction of sp³-hybridized carbons (Fsp3) is 0.650. The van der Waals surface area contributed by atoms with E-state index in [2.05, 4.69) is 116 Å². The van der Waals surface area contributed by atoms with Gasteiger partial charge in [-0.1, -0.05) is 88.5 Å². The average molecular weight is 723 g/mol. The van der Waals surface area contributed by atoms with Crippen LogP contribution < -0.4 is 0 Å². The molecular weight excluding hydrogens is 654 g/mol. The van der Waals surface area contributed by atoms with Gasteiger partial charge >= 0.3 is 15.6 Å². The second-order valence-electron chi connectivity index (χ2n) is 15.0. The predicted molar refractivity (Wildman–Crippen MR) is 207 cm³/mol. The number of hydrogen-bond acceptors (Lipinski definition) is 4. The van der Waals surface area contributed by atoms with Crippen LogP contribution in [0.1, 0.15) is 146 Å². The van der Waals surface area contributed by atoms with Crippen molar-refractivity contribution in [2.45, 2.75) is 146 Å². The molecule has 0 radical (unpaired) electrons. The van der Waals surface area contributed by atoms with E-state index >= 15 is 0 Å². The maximum Gasteiger partial charge on any atom is 0.481 e. The average Bonchev–Trinajstić information content (AvgIpc) is 3.50. The highest BCUT2D eigenvalue weighted by Crippen LogP contribution is 2.65. The molecule has 1 aliphatic rings. The molecule has 0 saturated heterocycles. The second kappa shape index (κ2) is 22.4. The van der Waals surface area contributed by atoms with Gasteiger partial charge in [0.25, 0.3) is 0 Å². The van der Waals surface area contributed by atoms with Crippen LogP contribution in [-0.4, -0.2) is 21.3 Å².